The van der Waals surface area contributed by atoms with E-state index in [0.29, 0.717) is 17.2 Å². The van der Waals surface area contributed by atoms with Crippen molar-refractivity contribution < 1.29 is 4.79 Å². The van der Waals surface area contributed by atoms with Crippen molar-refractivity contribution in [1.82, 2.24) is 20.5 Å². The number of hydrogen-bond donors (Lipinski definition) is 3. The standard InChI is InChI=1S/C19H18N6O/c1-13-22-19(25-24-13)18(15-5-3-2-4-6-15)23-17(26)12-21-16-9-7-14(11-20)8-10-16/h2-10,18,21H,12H2,1H3,(H,23,26)(H,22,24,25). The SMILES string of the molecule is Cc1nc(C(NC(=O)CNc2ccc(C#N)cc2)c2ccccc2)n[nH]1. The quantitative estimate of drug-likeness (QED) is 0.635. The van der Waals surface area contributed by atoms with E-state index in [1.807, 2.05) is 37.3 Å². The number of aromatic nitrogens is 3. The average Bonchev–Trinajstić information content (AvgIpc) is 3.11. The van der Waals surface area contributed by atoms with Gasteiger partial charge < -0.3 is 10.6 Å². The zero-order valence-corrected chi connectivity index (χ0v) is 14.2. The van der Waals surface area contributed by atoms with Gasteiger partial charge in [-0.25, -0.2) is 4.98 Å². The molecule has 3 rings (SSSR count). The van der Waals surface area contributed by atoms with Crippen LogP contribution in [0.3, 0.4) is 0 Å². The van der Waals surface area contributed by atoms with Gasteiger partial charge in [0.15, 0.2) is 5.82 Å². The molecule has 7 heteroatoms. The fourth-order valence-corrected chi connectivity index (χ4v) is 2.49. The number of amides is 1. The fraction of sp³-hybridized carbons (Fsp3) is 0.158. The van der Waals surface area contributed by atoms with Crippen molar-refractivity contribution >= 4 is 11.6 Å². The van der Waals surface area contributed by atoms with Crippen molar-refractivity contribution in [2.45, 2.75) is 13.0 Å². The van der Waals surface area contributed by atoms with E-state index in [1.165, 1.54) is 0 Å². The van der Waals surface area contributed by atoms with Gasteiger partial charge >= 0.3 is 0 Å². The third-order valence-corrected chi connectivity index (χ3v) is 3.78. The van der Waals surface area contributed by atoms with Gasteiger partial charge in [-0.2, -0.15) is 10.4 Å². The van der Waals surface area contributed by atoms with Crippen LogP contribution in [0.15, 0.2) is 54.6 Å². The minimum atomic E-state index is -0.434. The molecule has 1 unspecified atom stereocenters. The number of aromatic amines is 1. The molecule has 3 N–H and O–H groups in total. The minimum Gasteiger partial charge on any atom is -0.376 e. The summed E-state index contributed by atoms with van der Waals surface area (Å²) in [6.45, 7) is 1.91. The first-order valence-electron chi connectivity index (χ1n) is 8.13. The van der Waals surface area contributed by atoms with Crippen molar-refractivity contribution in [3.8, 4) is 6.07 Å². The monoisotopic (exact) mass is 346 g/mol. The van der Waals surface area contributed by atoms with Crippen molar-refractivity contribution in [2.75, 3.05) is 11.9 Å². The van der Waals surface area contributed by atoms with Crippen LogP contribution in [0.4, 0.5) is 5.69 Å². The highest BCUT2D eigenvalue weighted by atomic mass is 16.2. The summed E-state index contributed by atoms with van der Waals surface area (Å²) in [5.74, 6) is 1.01. The molecule has 2 aromatic carbocycles. The van der Waals surface area contributed by atoms with Crippen molar-refractivity contribution in [2.24, 2.45) is 0 Å². The van der Waals surface area contributed by atoms with E-state index < -0.39 is 6.04 Å². The summed E-state index contributed by atoms with van der Waals surface area (Å²) in [4.78, 5) is 16.8. The third kappa shape index (κ3) is 4.24. The molecule has 1 amide bonds. The van der Waals surface area contributed by atoms with E-state index in [4.69, 9.17) is 5.26 Å². The number of H-pyrrole nitrogens is 1. The van der Waals surface area contributed by atoms with Crippen LogP contribution in [0.2, 0.25) is 0 Å². The number of rotatable bonds is 6. The maximum Gasteiger partial charge on any atom is 0.240 e. The maximum atomic E-state index is 12.4. The van der Waals surface area contributed by atoms with Gasteiger partial charge in [0.05, 0.1) is 18.2 Å². The second-order valence-corrected chi connectivity index (χ2v) is 5.73. The second kappa shape index (κ2) is 7.94. The molecule has 1 heterocycles. The number of carbonyl (C=O) groups excluding carboxylic acids is 1. The van der Waals surface area contributed by atoms with Crippen molar-refractivity contribution in [1.29, 1.82) is 5.26 Å². The Balaban J connectivity index is 1.68. The van der Waals surface area contributed by atoms with Gasteiger partial charge in [0.2, 0.25) is 5.91 Å². The van der Waals surface area contributed by atoms with Gasteiger partial charge in [0, 0.05) is 5.69 Å². The number of hydrogen-bond acceptors (Lipinski definition) is 5. The lowest BCUT2D eigenvalue weighted by molar-refractivity contribution is -0.119. The normalized spacial score (nSPS) is 11.4. The largest absolute Gasteiger partial charge is 0.376 e. The van der Waals surface area contributed by atoms with Crippen LogP contribution in [0, 0.1) is 18.3 Å². The molecule has 0 aliphatic heterocycles. The molecule has 0 aliphatic carbocycles. The molecule has 0 radical (unpaired) electrons. The van der Waals surface area contributed by atoms with Crippen LogP contribution in [0.1, 0.15) is 28.8 Å². The van der Waals surface area contributed by atoms with Gasteiger partial charge in [0.25, 0.3) is 0 Å². The molecule has 0 saturated carbocycles. The Labute approximate surface area is 151 Å². The summed E-state index contributed by atoms with van der Waals surface area (Å²) in [6, 6.07) is 18.1. The first-order valence-corrected chi connectivity index (χ1v) is 8.13. The molecule has 0 saturated heterocycles. The predicted molar refractivity (Wildman–Crippen MR) is 97.2 cm³/mol. The summed E-state index contributed by atoms with van der Waals surface area (Å²) >= 11 is 0. The maximum absolute atomic E-state index is 12.4. The van der Waals surface area contributed by atoms with Crippen LogP contribution in [-0.4, -0.2) is 27.6 Å². The van der Waals surface area contributed by atoms with E-state index in [1.54, 1.807) is 24.3 Å². The first kappa shape index (κ1) is 17.2. The highest BCUT2D eigenvalue weighted by Gasteiger charge is 2.20. The lowest BCUT2D eigenvalue weighted by Gasteiger charge is -2.17. The van der Waals surface area contributed by atoms with Crippen LogP contribution in [0.5, 0.6) is 0 Å². The number of nitrogens with zero attached hydrogens (tertiary/aromatic N) is 3. The highest BCUT2D eigenvalue weighted by molar-refractivity contribution is 5.81. The Morgan fingerprint density at radius 3 is 2.54 bits per heavy atom. The minimum absolute atomic E-state index is 0.0959. The van der Waals surface area contributed by atoms with E-state index in [9.17, 15) is 4.79 Å². The van der Waals surface area contributed by atoms with E-state index in [0.717, 1.165) is 11.3 Å². The number of anilines is 1. The summed E-state index contributed by atoms with van der Waals surface area (Å²) in [7, 11) is 0. The Kier molecular flexibility index (Phi) is 5.25. The molecule has 26 heavy (non-hydrogen) atoms. The molecular weight excluding hydrogens is 328 g/mol. The molecule has 1 aromatic heterocycles. The summed E-state index contributed by atoms with van der Waals surface area (Å²) in [5.41, 5.74) is 2.24. The van der Waals surface area contributed by atoms with Gasteiger partial charge in [-0.05, 0) is 36.8 Å². The number of nitriles is 1. The van der Waals surface area contributed by atoms with E-state index in [-0.39, 0.29) is 12.5 Å². The molecule has 0 aliphatic rings. The Morgan fingerprint density at radius 1 is 1.19 bits per heavy atom. The van der Waals surface area contributed by atoms with Gasteiger partial charge in [0.1, 0.15) is 11.9 Å². The fourth-order valence-electron chi connectivity index (χ4n) is 2.49. The van der Waals surface area contributed by atoms with Crippen molar-refractivity contribution in [3.05, 3.63) is 77.4 Å². The molecule has 3 aromatic rings. The third-order valence-electron chi connectivity index (χ3n) is 3.78. The Bertz CT molecular complexity index is 911. The van der Waals surface area contributed by atoms with E-state index in [2.05, 4.69) is 31.9 Å². The molecule has 0 spiro atoms. The smallest absolute Gasteiger partial charge is 0.240 e. The highest BCUT2D eigenvalue weighted by Crippen LogP contribution is 2.18. The van der Waals surface area contributed by atoms with Crippen LogP contribution in [0.25, 0.3) is 0 Å². The Hall–Kier alpha value is -3.66. The zero-order valence-electron chi connectivity index (χ0n) is 14.2. The first-order chi connectivity index (χ1) is 12.7. The van der Waals surface area contributed by atoms with Crippen molar-refractivity contribution in [3.63, 3.8) is 0 Å². The number of nitrogens with one attached hydrogen (secondary N) is 3. The molecular formula is C19H18N6O. The molecule has 1 atom stereocenters. The molecule has 0 fully saturated rings. The second-order valence-electron chi connectivity index (χ2n) is 5.73. The zero-order chi connectivity index (χ0) is 18.4. The molecule has 7 nitrogen and oxygen atoms in total. The summed E-state index contributed by atoms with van der Waals surface area (Å²) in [5, 5.41) is 21.8. The van der Waals surface area contributed by atoms with Crippen LogP contribution in [-0.2, 0) is 4.79 Å². The van der Waals surface area contributed by atoms with Crippen LogP contribution >= 0.6 is 0 Å². The lowest BCUT2D eigenvalue weighted by Crippen LogP contribution is -2.34. The number of aryl methyl sites for hydroxylation is 1. The Morgan fingerprint density at radius 2 is 1.92 bits per heavy atom. The number of benzene rings is 2. The van der Waals surface area contributed by atoms with Gasteiger partial charge in [-0.15, -0.1) is 0 Å². The topological polar surface area (TPSA) is 106 Å². The van der Waals surface area contributed by atoms with E-state index >= 15 is 0 Å². The number of carbonyl (C=O) groups is 1. The average molecular weight is 346 g/mol. The summed E-state index contributed by atoms with van der Waals surface area (Å²) < 4.78 is 0. The molecule has 130 valence electrons. The molecule has 0 bridgehead atoms. The lowest BCUT2D eigenvalue weighted by atomic mass is 10.1. The summed E-state index contributed by atoms with van der Waals surface area (Å²) in [6.07, 6.45) is 0. The van der Waals surface area contributed by atoms with Gasteiger partial charge in [-0.3, -0.25) is 9.89 Å². The predicted octanol–water partition coefficient (Wildman–Crippen LogP) is 2.30. The van der Waals surface area contributed by atoms with Gasteiger partial charge in [-0.1, -0.05) is 30.3 Å². The van der Waals surface area contributed by atoms with Crippen LogP contribution < -0.4 is 10.6 Å².